The Labute approximate surface area is 877 Å². The predicted molar refractivity (Wildman–Crippen MR) is 548 cm³/mol. The predicted octanol–water partition coefficient (Wildman–Crippen LogP) is 9.32. The molecule has 11 aromatic carbocycles. The fourth-order valence-electron chi connectivity index (χ4n) is 18.0. The van der Waals surface area contributed by atoms with Gasteiger partial charge in [-0.1, -0.05) is 250 Å². The molecule has 133 heavy (non-hydrogen) atoms. The summed E-state index contributed by atoms with van der Waals surface area (Å²) >= 11 is 5.56. The van der Waals surface area contributed by atoms with Gasteiger partial charge in [-0.25, -0.2) is 0 Å². The number of methoxy groups -OCH3 is 1. The highest BCUT2D eigenvalue weighted by Gasteiger charge is 2.33. The minimum absolute atomic E-state index is 0. The number of nitrogens with zero attached hydrogens (tertiary/aromatic N) is 12. The zero-order valence-corrected chi connectivity index (χ0v) is 91.4. The lowest BCUT2D eigenvalue weighted by Gasteiger charge is -2.31. The van der Waals surface area contributed by atoms with Crippen LogP contribution in [0, 0.1) is 0 Å². The number of halogens is 5. The molecule has 3 aliphatic heterocycles. The van der Waals surface area contributed by atoms with Gasteiger partial charge >= 0.3 is 0 Å². The summed E-state index contributed by atoms with van der Waals surface area (Å²) in [5, 5.41) is 7.52. The molecule has 0 radical (unpaired) electrons. The van der Waals surface area contributed by atoms with Crippen LogP contribution in [-0.4, -0.2) is 143 Å². The molecule has 6 heterocycles. The molecule has 13 nitrogen and oxygen atoms in total. The molecule has 0 spiro atoms. The van der Waals surface area contributed by atoms with E-state index in [4.69, 9.17) is 4.74 Å². The monoisotopic (exact) mass is 2290 g/mol. The first-order chi connectivity index (χ1) is 62.4. The van der Waals surface area contributed by atoms with Gasteiger partial charge in [-0.2, -0.15) is 13.7 Å². The molecule has 0 unspecified atom stereocenters. The summed E-state index contributed by atoms with van der Waals surface area (Å²) in [5.41, 5.74) is 17.5. The number of fused-ring (bicyclic) bond motifs is 6. The first-order valence-corrected chi connectivity index (χ1v) is 48.3. The van der Waals surface area contributed by atoms with E-state index in [2.05, 4.69) is 454 Å². The van der Waals surface area contributed by atoms with Crippen molar-refractivity contribution < 1.29 is 133 Å². The summed E-state index contributed by atoms with van der Waals surface area (Å²) < 4.78 is 14.8. The molecule has 3 aliphatic rings. The molecular weight excluding hydrogens is 2170 g/mol. The maximum absolute atomic E-state index is 5.50. The van der Waals surface area contributed by atoms with Gasteiger partial charge in [0.2, 0.25) is 0 Å². The van der Waals surface area contributed by atoms with Crippen LogP contribution in [0.5, 0.6) is 5.75 Å². The van der Waals surface area contributed by atoms with Crippen LogP contribution >= 0.6 is 35.3 Å². The molecule has 0 saturated carbocycles. The maximum atomic E-state index is 5.50. The lowest BCUT2D eigenvalue weighted by atomic mass is 10.1. The lowest BCUT2D eigenvalue weighted by molar-refractivity contribution is -0.903. The molecule has 696 valence electrons. The highest BCUT2D eigenvalue weighted by atomic mass is 127. The quantitative estimate of drug-likeness (QED) is 0.0225. The van der Waals surface area contributed by atoms with E-state index >= 15 is 0 Å². The second-order valence-electron chi connectivity index (χ2n) is 35.4. The van der Waals surface area contributed by atoms with Crippen molar-refractivity contribution in [3.63, 3.8) is 0 Å². The van der Waals surface area contributed by atoms with E-state index in [-0.39, 0.29) is 106 Å². The number of quaternary nitrogens is 2. The van der Waals surface area contributed by atoms with Gasteiger partial charge in [0.15, 0.2) is 0 Å². The maximum Gasteiger partial charge on any atom is 0.282 e. The van der Waals surface area contributed by atoms with Crippen molar-refractivity contribution in [2.45, 2.75) is 93.5 Å². The van der Waals surface area contributed by atoms with Gasteiger partial charge in [0.05, 0.1) is 120 Å². The topological polar surface area (TPSA) is 43.6 Å². The smallest absolute Gasteiger partial charge is 0.282 e. The summed E-state index contributed by atoms with van der Waals surface area (Å²) in [7, 11) is 22.0. The Morgan fingerprint density at radius 1 is 0.338 bits per heavy atom. The molecule has 21 heteroatoms. The molecule has 0 bridgehead atoms. The van der Waals surface area contributed by atoms with Crippen molar-refractivity contribution in [3.8, 4) is 22.8 Å². The van der Waals surface area contributed by atoms with E-state index in [1.165, 1.54) is 148 Å². The third-order valence-corrected chi connectivity index (χ3v) is 28.1. The molecule has 0 fully saturated rings. The molecule has 0 amide bonds. The molecule has 0 aliphatic carbocycles. The number of hydrogen-bond acceptors (Lipinski definition) is 11. The Bertz CT molecular complexity index is 6220. The number of rotatable bonds is 33. The molecule has 17 rings (SSSR count). The van der Waals surface area contributed by atoms with Crippen LogP contribution in [0.1, 0.15) is 93.5 Å². The molecule has 0 N–H and O–H groups in total. The average molecular weight is 2300 g/mol. The molecular formula is C112H129Br2I3N12OS3. The van der Waals surface area contributed by atoms with Gasteiger partial charge < -0.3 is 139 Å². The Morgan fingerprint density at radius 2 is 0.647 bits per heavy atom. The third kappa shape index (κ3) is 26.7. The molecule has 3 aromatic heterocycles. The number of unbranched alkanes of at least 4 members (excludes halogenated alkanes) is 2. The number of aromatic nitrogens is 3. The van der Waals surface area contributed by atoms with E-state index < -0.39 is 0 Å². The average Bonchev–Trinajstić information content (AvgIpc) is 1.55. The van der Waals surface area contributed by atoms with Crippen molar-refractivity contribution in [2.24, 2.45) is 0 Å². The molecule has 14 aromatic rings. The van der Waals surface area contributed by atoms with Gasteiger partial charge in [0.25, 0.3) is 17.5 Å². The largest absolute Gasteiger partial charge is 1.00 e. The number of ether oxygens (including phenoxy) is 1. The van der Waals surface area contributed by atoms with Crippen LogP contribution in [-0.2, 0) is 13.1 Å². The highest BCUT2D eigenvalue weighted by molar-refractivity contribution is 8.04. The Kier molecular flexibility index (Phi) is 41.0. The van der Waals surface area contributed by atoms with Crippen LogP contribution in [0.25, 0.3) is 68.0 Å². The second-order valence-corrected chi connectivity index (χ2v) is 38.6. The summed E-state index contributed by atoms with van der Waals surface area (Å²) in [4.78, 5) is 21.0. The second kappa shape index (κ2) is 51.1. The first-order valence-electron chi connectivity index (χ1n) is 45.8. The first kappa shape index (κ1) is 107. The van der Waals surface area contributed by atoms with E-state index in [1.807, 2.05) is 41.4 Å². The van der Waals surface area contributed by atoms with Gasteiger partial charge in [0, 0.05) is 101 Å². The van der Waals surface area contributed by atoms with E-state index in [9.17, 15) is 0 Å². The van der Waals surface area contributed by atoms with E-state index in [0.29, 0.717) is 0 Å². The van der Waals surface area contributed by atoms with Crippen LogP contribution in [0.4, 0.5) is 34.5 Å². The minimum atomic E-state index is 0. The summed E-state index contributed by atoms with van der Waals surface area (Å²) in [6.45, 7) is 18.1. The van der Waals surface area contributed by atoms with E-state index in [0.717, 1.165) is 125 Å². The third-order valence-electron chi connectivity index (χ3n) is 24.6. The van der Waals surface area contributed by atoms with E-state index in [1.54, 1.807) is 7.11 Å². The highest BCUT2D eigenvalue weighted by Crippen LogP contribution is 2.49. The number of thioether (sulfide) groups is 3. The van der Waals surface area contributed by atoms with Crippen molar-refractivity contribution in [1.29, 1.82) is 0 Å². The molecule has 0 atom stereocenters. The van der Waals surface area contributed by atoms with Crippen molar-refractivity contribution in [2.75, 3.05) is 159 Å². The number of anilines is 6. The Balaban J connectivity index is 0.000000205. The van der Waals surface area contributed by atoms with Crippen molar-refractivity contribution >= 4 is 121 Å². The lowest BCUT2D eigenvalue weighted by Crippen LogP contribution is -3.00. The van der Waals surface area contributed by atoms with Gasteiger partial charge in [-0.3, -0.25) is 14.7 Å². The van der Waals surface area contributed by atoms with Crippen LogP contribution in [0.2, 0.25) is 0 Å². The van der Waals surface area contributed by atoms with Crippen LogP contribution in [0.3, 0.4) is 0 Å². The Morgan fingerprint density at radius 3 is 0.992 bits per heavy atom. The summed E-state index contributed by atoms with van der Waals surface area (Å²) in [6.07, 6.45) is 15.1. The number of para-hydroxylation sites is 9. The normalized spacial score (nSPS) is 13.4. The van der Waals surface area contributed by atoms with Gasteiger partial charge in [-0.05, 0) is 178 Å². The summed E-state index contributed by atoms with van der Waals surface area (Å²) in [5.74, 6) is 4.66. The number of pyridine rings is 3. The number of benzene rings is 11. The zero-order valence-electron chi connectivity index (χ0n) is 79.3. The van der Waals surface area contributed by atoms with Crippen LogP contribution in [0.15, 0.2) is 339 Å². The van der Waals surface area contributed by atoms with Gasteiger partial charge in [0.1, 0.15) is 52.5 Å². The summed E-state index contributed by atoms with van der Waals surface area (Å²) in [6, 6.07) is 112. The van der Waals surface area contributed by atoms with Crippen LogP contribution < -0.4 is 154 Å². The fourth-order valence-corrected chi connectivity index (χ4v) is 21.3. The van der Waals surface area contributed by atoms with Crippen molar-refractivity contribution in [1.82, 2.24) is 4.90 Å². The molecule has 0 saturated heterocycles. The zero-order chi connectivity index (χ0) is 89.1. The fraction of sp³-hybridized carbons (Fsp3) is 0.277. The number of hydrogen-bond donors (Lipinski definition) is 0. The standard InChI is InChI=1S/C41H48N4OS.C40H46N4S.C31H35N4S.2BrH.3HI/c1-6-7-25-43(26-16-27-45(3,4)31-32-17-15-20-35(28-32)46-5)40-29-33(30-41-42(2)38-23-13-14-24-39(38)47-41)36-21-11-12-22-37(36)44(40)34-18-9-8-10-19-34;1-5-6-26-42(27-17-28-44(3,4)31-32-18-9-7-10-19-32)39-29-33(30-40-41(2)37-24-15-16-25-38(37)45-40)35-22-13-14-23-36(35)43(39)34-20-11-8-12-21-34;1-5-34(21-13-20-32(2)3)30-22-24(23-31-33(4)28-18-11-12-19-29(28)36-31)26-16-9-10-17-27(26)35(30)25-14-7-6-8-15-25;;;;;/h8-15,17-24,28-30H,6-7,16,25-27,31H2,1-5H3;7-16,18-25,29-30H,5-6,17,26-28,31H2,1-4H3;6-12,14-19,22-23H,5,13,20-21H2,1-4H3;5*1H/q2*+2;+1;;;;;/p-5. The Hall–Kier alpha value is -8.45. The SMILES string of the molecule is CCCCN(CCC[N+](C)(C)Cc1cccc(OC)c1)c1cc(C=C2Sc3ccccc3N2C)c2ccccc2[n+]1-c1ccccc1.CCCCN(CCC[N+](C)(C)Cc1ccccc1)c1cc(C=C2Sc3ccccc3N2C)c2ccccc2[n+]1-c1ccccc1.CCN(CCCN(C)C)c1cc(C=C2Sc3ccccc3N2C)c2ccccc2[n+]1-c1ccccc1.[Br-].[Br-].[I-].[I-].[I-]. The minimum Gasteiger partial charge on any atom is -1.00 e. The van der Waals surface area contributed by atoms with Gasteiger partial charge in [-0.15, -0.1) is 0 Å². The van der Waals surface area contributed by atoms with Crippen molar-refractivity contribution in [3.05, 3.63) is 352 Å².